The molecule has 1 fully saturated rings. The molecular weight excluding hydrogens is 330 g/mol. The monoisotopic (exact) mass is 361 g/mol. The quantitative estimate of drug-likeness (QED) is 0.875. The number of nitrogens with one attached hydrogen (secondary N) is 1. The van der Waals surface area contributed by atoms with E-state index >= 15 is 0 Å². The number of benzene rings is 1. The first kappa shape index (κ1) is 20.2. The molecule has 1 aromatic carbocycles. The van der Waals surface area contributed by atoms with Crippen molar-refractivity contribution in [2.24, 2.45) is 0 Å². The van der Waals surface area contributed by atoms with Gasteiger partial charge in [0.25, 0.3) is 0 Å². The summed E-state index contributed by atoms with van der Waals surface area (Å²) in [6.07, 6.45) is 0.198. The first-order valence-corrected chi connectivity index (χ1v) is 9.34. The first-order chi connectivity index (χ1) is 12.3. The van der Waals surface area contributed by atoms with Crippen molar-refractivity contribution in [1.29, 1.82) is 0 Å². The Balaban J connectivity index is 1.72. The van der Waals surface area contributed by atoms with Crippen LogP contribution in [0.1, 0.15) is 39.7 Å². The molecular formula is C20H31N3O3. The van der Waals surface area contributed by atoms with Gasteiger partial charge in [-0.3, -0.25) is 9.69 Å². The summed E-state index contributed by atoms with van der Waals surface area (Å²) in [6.45, 7) is 12.2. The second-order valence-corrected chi connectivity index (χ2v) is 7.65. The fourth-order valence-corrected chi connectivity index (χ4v) is 2.91. The molecule has 0 spiro atoms. The zero-order valence-corrected chi connectivity index (χ0v) is 16.4. The van der Waals surface area contributed by atoms with Gasteiger partial charge in [0.2, 0.25) is 5.91 Å². The van der Waals surface area contributed by atoms with E-state index in [9.17, 15) is 9.59 Å². The van der Waals surface area contributed by atoms with Gasteiger partial charge < -0.3 is 15.0 Å². The number of nitrogens with zero attached hydrogens (tertiary/aromatic N) is 2. The summed E-state index contributed by atoms with van der Waals surface area (Å²) >= 11 is 0. The van der Waals surface area contributed by atoms with E-state index in [-0.39, 0.29) is 17.4 Å². The number of carbonyl (C=O) groups excluding carboxylic acids is 2. The van der Waals surface area contributed by atoms with Crippen LogP contribution in [-0.2, 0) is 14.9 Å². The number of rotatable bonds is 5. The summed E-state index contributed by atoms with van der Waals surface area (Å²) in [7, 11) is 0. The number of anilines is 1. The zero-order valence-electron chi connectivity index (χ0n) is 16.4. The molecule has 1 aromatic rings. The van der Waals surface area contributed by atoms with Gasteiger partial charge in [-0.15, -0.1) is 0 Å². The number of carbonyl (C=O) groups is 2. The van der Waals surface area contributed by atoms with Crippen LogP contribution in [0.15, 0.2) is 24.3 Å². The Morgan fingerprint density at radius 2 is 1.69 bits per heavy atom. The van der Waals surface area contributed by atoms with Gasteiger partial charge >= 0.3 is 6.09 Å². The largest absolute Gasteiger partial charge is 0.450 e. The second-order valence-electron chi connectivity index (χ2n) is 7.65. The van der Waals surface area contributed by atoms with E-state index in [2.05, 4.69) is 43.1 Å². The molecule has 0 aliphatic carbocycles. The van der Waals surface area contributed by atoms with Crippen LogP contribution >= 0.6 is 0 Å². The highest BCUT2D eigenvalue weighted by Crippen LogP contribution is 2.23. The van der Waals surface area contributed by atoms with Crippen molar-refractivity contribution in [3.05, 3.63) is 29.8 Å². The second kappa shape index (κ2) is 9.03. The van der Waals surface area contributed by atoms with Crippen LogP contribution in [0, 0.1) is 0 Å². The molecule has 1 aliphatic heterocycles. The standard InChI is InChI=1S/C20H31N3O3/c1-5-26-19(25)23-14-12-22(13-15-23)11-10-18(24)21-17-8-6-16(7-9-17)20(2,3)4/h6-9H,5,10-15H2,1-4H3,(H,21,24). The third-order valence-electron chi connectivity index (χ3n) is 4.59. The molecule has 1 N–H and O–H groups in total. The minimum atomic E-state index is -0.247. The van der Waals surface area contributed by atoms with Crippen molar-refractivity contribution in [2.75, 3.05) is 44.6 Å². The van der Waals surface area contributed by atoms with Crippen molar-refractivity contribution in [3.8, 4) is 0 Å². The van der Waals surface area contributed by atoms with Crippen molar-refractivity contribution in [2.45, 2.75) is 39.5 Å². The Kier molecular flexibility index (Phi) is 7.03. The average molecular weight is 361 g/mol. The highest BCUT2D eigenvalue weighted by molar-refractivity contribution is 5.90. The van der Waals surface area contributed by atoms with Gasteiger partial charge in [-0.2, -0.15) is 0 Å². The summed E-state index contributed by atoms with van der Waals surface area (Å²) in [5, 5.41) is 2.95. The Morgan fingerprint density at radius 1 is 1.08 bits per heavy atom. The molecule has 144 valence electrons. The lowest BCUT2D eigenvalue weighted by molar-refractivity contribution is -0.116. The minimum absolute atomic E-state index is 0.0151. The topological polar surface area (TPSA) is 61.9 Å². The predicted molar refractivity (Wildman–Crippen MR) is 103 cm³/mol. The molecule has 1 aliphatic rings. The number of hydrogen-bond donors (Lipinski definition) is 1. The van der Waals surface area contributed by atoms with Crippen LogP contribution in [-0.4, -0.2) is 61.1 Å². The Labute approximate surface area is 156 Å². The zero-order chi connectivity index (χ0) is 19.2. The number of amides is 2. The maximum atomic E-state index is 12.2. The van der Waals surface area contributed by atoms with Crippen molar-refractivity contribution < 1.29 is 14.3 Å². The average Bonchev–Trinajstić information content (AvgIpc) is 2.60. The molecule has 0 atom stereocenters. The van der Waals surface area contributed by atoms with E-state index in [0.29, 0.717) is 32.7 Å². The number of hydrogen-bond acceptors (Lipinski definition) is 4. The highest BCUT2D eigenvalue weighted by Gasteiger charge is 2.22. The number of piperazine rings is 1. The lowest BCUT2D eigenvalue weighted by atomic mass is 9.87. The third-order valence-corrected chi connectivity index (χ3v) is 4.59. The molecule has 0 unspecified atom stereocenters. The summed E-state index contributed by atoms with van der Waals surface area (Å²) < 4.78 is 5.01. The third kappa shape index (κ3) is 6.02. The Bertz CT molecular complexity index is 600. The molecule has 6 nitrogen and oxygen atoms in total. The van der Waals surface area contributed by atoms with Crippen molar-refractivity contribution >= 4 is 17.7 Å². The van der Waals surface area contributed by atoms with Crippen molar-refractivity contribution in [1.82, 2.24) is 9.80 Å². The van der Waals surface area contributed by atoms with E-state index in [1.807, 2.05) is 19.1 Å². The van der Waals surface area contributed by atoms with Gasteiger partial charge in [-0.05, 0) is 30.0 Å². The predicted octanol–water partition coefficient (Wildman–Crippen LogP) is 3.09. The highest BCUT2D eigenvalue weighted by atomic mass is 16.6. The van der Waals surface area contributed by atoms with Gasteiger partial charge in [-0.1, -0.05) is 32.9 Å². The molecule has 26 heavy (non-hydrogen) atoms. The Hall–Kier alpha value is -2.08. The molecule has 2 rings (SSSR count). The van der Waals surface area contributed by atoms with Gasteiger partial charge in [0, 0.05) is 44.8 Å². The molecule has 0 radical (unpaired) electrons. The normalized spacial score (nSPS) is 15.6. The summed E-state index contributed by atoms with van der Waals surface area (Å²) in [5.41, 5.74) is 2.18. The van der Waals surface area contributed by atoms with Crippen molar-refractivity contribution in [3.63, 3.8) is 0 Å². The van der Waals surface area contributed by atoms with E-state index in [1.54, 1.807) is 4.90 Å². The molecule has 6 heteroatoms. The summed E-state index contributed by atoms with van der Waals surface area (Å²) in [6, 6.07) is 8.03. The first-order valence-electron chi connectivity index (χ1n) is 9.34. The lowest BCUT2D eigenvalue weighted by Gasteiger charge is -2.33. The lowest BCUT2D eigenvalue weighted by Crippen LogP contribution is -2.49. The van der Waals surface area contributed by atoms with Crippen LogP contribution in [0.25, 0.3) is 0 Å². The molecule has 0 aromatic heterocycles. The van der Waals surface area contributed by atoms with Gasteiger partial charge in [0.1, 0.15) is 0 Å². The minimum Gasteiger partial charge on any atom is -0.450 e. The smallest absolute Gasteiger partial charge is 0.409 e. The molecule has 0 bridgehead atoms. The Morgan fingerprint density at radius 3 is 2.23 bits per heavy atom. The van der Waals surface area contributed by atoms with Crippen LogP contribution in [0.4, 0.5) is 10.5 Å². The van der Waals surface area contributed by atoms with E-state index in [0.717, 1.165) is 18.8 Å². The number of ether oxygens (including phenoxy) is 1. The SMILES string of the molecule is CCOC(=O)N1CCN(CCC(=O)Nc2ccc(C(C)(C)C)cc2)CC1. The van der Waals surface area contributed by atoms with Gasteiger partial charge in [0.05, 0.1) is 6.61 Å². The molecule has 0 saturated carbocycles. The van der Waals surface area contributed by atoms with E-state index in [1.165, 1.54) is 5.56 Å². The van der Waals surface area contributed by atoms with Gasteiger partial charge in [-0.25, -0.2) is 4.79 Å². The van der Waals surface area contributed by atoms with E-state index < -0.39 is 0 Å². The maximum absolute atomic E-state index is 12.2. The maximum Gasteiger partial charge on any atom is 0.409 e. The van der Waals surface area contributed by atoms with Gasteiger partial charge in [0.15, 0.2) is 0 Å². The van der Waals surface area contributed by atoms with Crippen LogP contribution in [0.5, 0.6) is 0 Å². The van der Waals surface area contributed by atoms with Crippen LogP contribution < -0.4 is 5.32 Å². The fourth-order valence-electron chi connectivity index (χ4n) is 2.91. The summed E-state index contributed by atoms with van der Waals surface area (Å²) in [5.74, 6) is 0.0151. The molecule has 1 saturated heterocycles. The van der Waals surface area contributed by atoms with Crippen LogP contribution in [0.3, 0.4) is 0 Å². The van der Waals surface area contributed by atoms with E-state index in [4.69, 9.17) is 4.74 Å². The molecule has 1 heterocycles. The molecule has 2 amide bonds. The fraction of sp³-hybridized carbons (Fsp3) is 0.600. The summed E-state index contributed by atoms with van der Waals surface area (Å²) in [4.78, 5) is 27.8. The van der Waals surface area contributed by atoms with Crippen LogP contribution in [0.2, 0.25) is 0 Å².